The molecular weight excluding hydrogens is 556 g/mol. The number of carbonyl (C=O) groups is 1. The highest BCUT2D eigenvalue weighted by Crippen LogP contribution is 2.16. The predicted molar refractivity (Wildman–Crippen MR) is 196 cm³/mol. The van der Waals surface area contributed by atoms with Crippen LogP contribution in [0.15, 0.2) is 12.2 Å². The summed E-state index contributed by atoms with van der Waals surface area (Å²) in [5, 5.41) is 9.56. The van der Waals surface area contributed by atoms with Gasteiger partial charge in [0.25, 0.3) is 0 Å². The lowest BCUT2D eigenvalue weighted by atomic mass is 10.0. The number of carbonyl (C=O) groups excluding carboxylic acids is 1. The second-order valence-electron chi connectivity index (χ2n) is 13.7. The first kappa shape index (κ1) is 44.1. The molecule has 0 rings (SSSR count). The summed E-state index contributed by atoms with van der Waals surface area (Å²) in [6.07, 6.45) is 45.6. The molecule has 0 spiro atoms. The van der Waals surface area contributed by atoms with E-state index in [9.17, 15) is 9.90 Å². The van der Waals surface area contributed by atoms with Gasteiger partial charge in [0.15, 0.2) is 0 Å². The number of unbranched alkanes of at least 4 members (excludes halogenated alkanes) is 28. The van der Waals surface area contributed by atoms with E-state index in [1.165, 1.54) is 180 Å². The lowest BCUT2D eigenvalue weighted by Crippen LogP contribution is -2.27. The first-order valence-corrected chi connectivity index (χ1v) is 20.3. The smallest absolute Gasteiger partial charge is 0.306 e. The lowest BCUT2D eigenvalue weighted by Gasteiger charge is -2.15. The van der Waals surface area contributed by atoms with Crippen molar-refractivity contribution in [2.24, 2.45) is 0 Å². The van der Waals surface area contributed by atoms with Gasteiger partial charge < -0.3 is 14.6 Å². The number of ether oxygens (including phenoxy) is 2. The fourth-order valence-electron chi connectivity index (χ4n) is 6.04. The molecule has 4 nitrogen and oxygen atoms in total. The predicted octanol–water partition coefficient (Wildman–Crippen LogP) is 13.0. The van der Waals surface area contributed by atoms with E-state index in [4.69, 9.17) is 9.47 Å². The van der Waals surface area contributed by atoms with Crippen molar-refractivity contribution in [3.8, 4) is 0 Å². The number of rotatable bonds is 38. The number of hydrogen-bond acceptors (Lipinski definition) is 4. The average Bonchev–Trinajstić information content (AvgIpc) is 3.05. The quantitative estimate of drug-likeness (QED) is 0.0416. The van der Waals surface area contributed by atoms with Crippen LogP contribution in [-0.2, 0) is 14.3 Å². The Morgan fingerprint density at radius 1 is 0.511 bits per heavy atom. The SMILES string of the molecule is CCC/C=C\CCCCCCCCOCC(CO)OC(=O)CCCCCCCCCCCCCCCCCCCCCCCC. The molecule has 268 valence electrons. The van der Waals surface area contributed by atoms with Crippen LogP contribution < -0.4 is 0 Å². The third-order valence-electron chi connectivity index (χ3n) is 9.07. The standard InChI is InChI=1S/C41H80O4/c1-3-5-7-9-11-13-15-16-17-18-19-20-21-22-23-24-25-26-28-30-32-34-36-41(43)45-40(38-42)39-44-37-35-33-31-29-27-14-12-10-8-6-4-2/h8,10,40,42H,3-7,9,11-39H2,1-2H3/b10-8-. The molecule has 0 aliphatic heterocycles. The Hall–Kier alpha value is -0.870. The number of allylic oxidation sites excluding steroid dienone is 2. The van der Waals surface area contributed by atoms with Crippen molar-refractivity contribution in [2.45, 2.75) is 225 Å². The molecule has 45 heavy (non-hydrogen) atoms. The van der Waals surface area contributed by atoms with Gasteiger partial charge in [0.1, 0.15) is 6.10 Å². The van der Waals surface area contributed by atoms with Crippen LogP contribution in [0.25, 0.3) is 0 Å². The summed E-state index contributed by atoms with van der Waals surface area (Å²) in [6.45, 7) is 5.31. The Morgan fingerprint density at radius 3 is 1.36 bits per heavy atom. The molecule has 1 unspecified atom stereocenters. The molecule has 0 fully saturated rings. The lowest BCUT2D eigenvalue weighted by molar-refractivity contribution is -0.154. The van der Waals surface area contributed by atoms with Crippen molar-refractivity contribution in [3.63, 3.8) is 0 Å². The summed E-state index contributed by atoms with van der Waals surface area (Å²) in [6, 6.07) is 0. The Morgan fingerprint density at radius 2 is 0.911 bits per heavy atom. The van der Waals surface area contributed by atoms with Crippen molar-refractivity contribution >= 4 is 5.97 Å². The number of hydrogen-bond donors (Lipinski definition) is 1. The molecule has 0 aliphatic rings. The molecule has 0 saturated carbocycles. The fourth-order valence-corrected chi connectivity index (χ4v) is 6.04. The second kappa shape index (κ2) is 39.3. The Labute approximate surface area is 282 Å². The number of esters is 1. The number of aliphatic hydroxyl groups is 1. The average molecular weight is 637 g/mol. The summed E-state index contributed by atoms with van der Waals surface area (Å²) in [5.41, 5.74) is 0. The highest BCUT2D eigenvalue weighted by molar-refractivity contribution is 5.69. The normalized spacial score (nSPS) is 12.3. The van der Waals surface area contributed by atoms with E-state index in [0.717, 1.165) is 19.3 Å². The van der Waals surface area contributed by atoms with E-state index in [0.29, 0.717) is 19.6 Å². The highest BCUT2D eigenvalue weighted by Gasteiger charge is 2.13. The van der Waals surface area contributed by atoms with Gasteiger partial charge in [-0.3, -0.25) is 4.79 Å². The minimum absolute atomic E-state index is 0.169. The third kappa shape index (κ3) is 37.5. The van der Waals surface area contributed by atoms with Gasteiger partial charge in [0.05, 0.1) is 13.2 Å². The molecule has 4 heteroatoms. The summed E-state index contributed by atoms with van der Waals surface area (Å²) < 4.78 is 11.1. The van der Waals surface area contributed by atoms with Crippen LogP contribution in [0.2, 0.25) is 0 Å². The van der Waals surface area contributed by atoms with Crippen molar-refractivity contribution in [1.29, 1.82) is 0 Å². The highest BCUT2D eigenvalue weighted by atomic mass is 16.6. The molecule has 1 atom stereocenters. The molecule has 0 amide bonds. The summed E-state index contributed by atoms with van der Waals surface area (Å²) >= 11 is 0. The molecule has 0 aromatic rings. The number of aliphatic hydroxyl groups excluding tert-OH is 1. The maximum atomic E-state index is 12.2. The zero-order chi connectivity index (χ0) is 32.7. The summed E-state index contributed by atoms with van der Waals surface area (Å²) in [7, 11) is 0. The summed E-state index contributed by atoms with van der Waals surface area (Å²) in [4.78, 5) is 12.2. The Balaban J connectivity index is 3.35. The van der Waals surface area contributed by atoms with Crippen LogP contribution in [0, 0.1) is 0 Å². The van der Waals surface area contributed by atoms with Crippen molar-refractivity contribution in [3.05, 3.63) is 12.2 Å². The maximum Gasteiger partial charge on any atom is 0.306 e. The molecule has 0 heterocycles. The summed E-state index contributed by atoms with van der Waals surface area (Å²) in [5.74, 6) is -0.199. The maximum absolute atomic E-state index is 12.2. The Bertz CT molecular complexity index is 590. The van der Waals surface area contributed by atoms with Crippen LogP contribution in [0.4, 0.5) is 0 Å². The fraction of sp³-hybridized carbons (Fsp3) is 0.927. The Kier molecular flexibility index (Phi) is 38.5. The molecule has 1 N–H and O–H groups in total. The van der Waals surface area contributed by atoms with Crippen molar-refractivity contribution in [1.82, 2.24) is 0 Å². The monoisotopic (exact) mass is 637 g/mol. The van der Waals surface area contributed by atoms with Gasteiger partial charge in [-0.25, -0.2) is 0 Å². The van der Waals surface area contributed by atoms with Crippen molar-refractivity contribution in [2.75, 3.05) is 19.8 Å². The largest absolute Gasteiger partial charge is 0.457 e. The minimum Gasteiger partial charge on any atom is -0.457 e. The first-order chi connectivity index (χ1) is 22.2. The van der Waals surface area contributed by atoms with E-state index >= 15 is 0 Å². The van der Waals surface area contributed by atoms with E-state index in [1.54, 1.807) is 0 Å². The van der Waals surface area contributed by atoms with Gasteiger partial charge in [-0.15, -0.1) is 0 Å². The van der Waals surface area contributed by atoms with E-state index in [2.05, 4.69) is 26.0 Å². The topological polar surface area (TPSA) is 55.8 Å². The van der Waals surface area contributed by atoms with Crippen LogP contribution >= 0.6 is 0 Å². The molecular formula is C41H80O4. The van der Waals surface area contributed by atoms with Crippen LogP contribution in [0.5, 0.6) is 0 Å². The molecule has 0 aliphatic carbocycles. The minimum atomic E-state index is -0.530. The van der Waals surface area contributed by atoms with E-state index in [1.807, 2.05) is 0 Å². The van der Waals surface area contributed by atoms with Gasteiger partial charge in [-0.05, 0) is 32.1 Å². The third-order valence-corrected chi connectivity index (χ3v) is 9.07. The van der Waals surface area contributed by atoms with Crippen LogP contribution in [0.1, 0.15) is 219 Å². The zero-order valence-corrected chi connectivity index (χ0v) is 30.7. The van der Waals surface area contributed by atoms with E-state index in [-0.39, 0.29) is 12.6 Å². The van der Waals surface area contributed by atoms with Gasteiger partial charge in [0.2, 0.25) is 0 Å². The molecule has 0 bridgehead atoms. The molecule has 0 aromatic heterocycles. The zero-order valence-electron chi connectivity index (χ0n) is 30.7. The second-order valence-corrected chi connectivity index (χ2v) is 13.7. The van der Waals surface area contributed by atoms with Crippen LogP contribution in [0.3, 0.4) is 0 Å². The molecule has 0 radical (unpaired) electrons. The first-order valence-electron chi connectivity index (χ1n) is 20.3. The van der Waals surface area contributed by atoms with Gasteiger partial charge >= 0.3 is 5.97 Å². The van der Waals surface area contributed by atoms with E-state index < -0.39 is 6.10 Å². The van der Waals surface area contributed by atoms with Crippen LogP contribution in [-0.4, -0.2) is 37.0 Å². The molecule has 0 aromatic carbocycles. The van der Waals surface area contributed by atoms with Crippen molar-refractivity contribution < 1.29 is 19.4 Å². The van der Waals surface area contributed by atoms with Gasteiger partial charge in [0, 0.05) is 13.0 Å². The van der Waals surface area contributed by atoms with Gasteiger partial charge in [-0.2, -0.15) is 0 Å². The van der Waals surface area contributed by atoms with Gasteiger partial charge in [-0.1, -0.05) is 193 Å². The molecule has 0 saturated heterocycles.